The Morgan fingerprint density at radius 1 is 1.20 bits per heavy atom. The highest BCUT2D eigenvalue weighted by atomic mass is 79.9. The third-order valence-corrected chi connectivity index (χ3v) is 3.63. The molecule has 2 aromatic rings. The Bertz CT molecular complexity index is 631. The quantitative estimate of drug-likeness (QED) is 0.900. The first kappa shape index (κ1) is 14.7. The van der Waals surface area contributed by atoms with Crippen LogP contribution in [0.2, 0.25) is 0 Å². The van der Waals surface area contributed by atoms with Gasteiger partial charge in [0.1, 0.15) is 5.82 Å². The summed E-state index contributed by atoms with van der Waals surface area (Å²) < 4.78 is 13.5. The first-order valence-corrected chi connectivity index (χ1v) is 6.82. The Labute approximate surface area is 124 Å². The molecule has 0 heterocycles. The van der Waals surface area contributed by atoms with E-state index in [1.54, 1.807) is 18.2 Å². The molecule has 2 aromatic carbocycles. The van der Waals surface area contributed by atoms with Gasteiger partial charge in [-0.3, -0.25) is 4.79 Å². The minimum Gasteiger partial charge on any atom is -0.392 e. The van der Waals surface area contributed by atoms with Crippen molar-refractivity contribution in [3.63, 3.8) is 0 Å². The molecule has 0 saturated heterocycles. The van der Waals surface area contributed by atoms with E-state index in [4.69, 9.17) is 5.11 Å². The SMILES string of the molecule is O=C(NCc1cccc(CO)c1)c1cccc(F)c1Br. The molecule has 104 valence electrons. The largest absolute Gasteiger partial charge is 0.392 e. The highest BCUT2D eigenvalue weighted by molar-refractivity contribution is 9.10. The molecule has 0 aromatic heterocycles. The minimum atomic E-state index is -0.472. The number of benzene rings is 2. The van der Waals surface area contributed by atoms with Crippen LogP contribution in [0.25, 0.3) is 0 Å². The molecule has 0 aliphatic heterocycles. The van der Waals surface area contributed by atoms with Crippen molar-refractivity contribution in [3.05, 3.63) is 69.4 Å². The number of hydrogen-bond acceptors (Lipinski definition) is 2. The predicted molar refractivity (Wildman–Crippen MR) is 77.6 cm³/mol. The first-order chi connectivity index (χ1) is 9.61. The lowest BCUT2D eigenvalue weighted by atomic mass is 10.1. The summed E-state index contributed by atoms with van der Waals surface area (Å²) in [5, 5.41) is 11.8. The maximum absolute atomic E-state index is 13.3. The summed E-state index contributed by atoms with van der Waals surface area (Å²) >= 11 is 3.06. The van der Waals surface area contributed by atoms with E-state index in [0.29, 0.717) is 6.54 Å². The highest BCUT2D eigenvalue weighted by Crippen LogP contribution is 2.20. The van der Waals surface area contributed by atoms with Crippen molar-refractivity contribution in [1.82, 2.24) is 5.32 Å². The van der Waals surface area contributed by atoms with E-state index in [-0.39, 0.29) is 22.6 Å². The van der Waals surface area contributed by atoms with Gasteiger partial charge in [-0.05, 0) is 39.2 Å². The van der Waals surface area contributed by atoms with Crippen LogP contribution in [0.4, 0.5) is 4.39 Å². The third-order valence-electron chi connectivity index (χ3n) is 2.82. The van der Waals surface area contributed by atoms with Gasteiger partial charge < -0.3 is 10.4 Å². The average molecular weight is 338 g/mol. The molecule has 0 spiro atoms. The number of aliphatic hydroxyl groups excluding tert-OH is 1. The van der Waals surface area contributed by atoms with E-state index in [2.05, 4.69) is 21.2 Å². The average Bonchev–Trinajstić information content (AvgIpc) is 2.48. The lowest BCUT2D eigenvalue weighted by Crippen LogP contribution is -2.23. The summed E-state index contributed by atoms with van der Waals surface area (Å²) in [5.41, 5.74) is 1.91. The summed E-state index contributed by atoms with van der Waals surface area (Å²) in [5.74, 6) is -0.828. The molecular weight excluding hydrogens is 325 g/mol. The monoisotopic (exact) mass is 337 g/mol. The van der Waals surface area contributed by atoms with Gasteiger partial charge in [0, 0.05) is 6.54 Å². The van der Waals surface area contributed by atoms with Crippen molar-refractivity contribution < 1.29 is 14.3 Å². The number of carbonyl (C=O) groups excluding carboxylic acids is 1. The van der Waals surface area contributed by atoms with Gasteiger partial charge in [-0.2, -0.15) is 0 Å². The molecule has 0 atom stereocenters. The minimum absolute atomic E-state index is 0.0444. The summed E-state index contributed by atoms with van der Waals surface area (Å²) in [6.45, 7) is 0.271. The molecule has 0 unspecified atom stereocenters. The van der Waals surface area contributed by atoms with Crippen LogP contribution in [-0.2, 0) is 13.2 Å². The maximum Gasteiger partial charge on any atom is 0.252 e. The zero-order chi connectivity index (χ0) is 14.5. The lowest BCUT2D eigenvalue weighted by molar-refractivity contribution is 0.0949. The Morgan fingerprint density at radius 3 is 2.65 bits per heavy atom. The van der Waals surface area contributed by atoms with Crippen molar-refractivity contribution in [3.8, 4) is 0 Å². The molecule has 0 aliphatic rings. The number of halogens is 2. The zero-order valence-electron chi connectivity index (χ0n) is 10.6. The van der Waals surface area contributed by atoms with Crippen molar-refractivity contribution in [1.29, 1.82) is 0 Å². The van der Waals surface area contributed by atoms with Crippen LogP contribution in [0, 0.1) is 5.82 Å². The van der Waals surface area contributed by atoms with E-state index in [1.807, 2.05) is 12.1 Å². The van der Waals surface area contributed by atoms with Crippen LogP contribution >= 0.6 is 15.9 Å². The van der Waals surface area contributed by atoms with Gasteiger partial charge in [-0.25, -0.2) is 4.39 Å². The van der Waals surface area contributed by atoms with Gasteiger partial charge in [-0.1, -0.05) is 30.3 Å². The second-order valence-electron chi connectivity index (χ2n) is 4.26. The van der Waals surface area contributed by atoms with E-state index < -0.39 is 5.82 Å². The Hall–Kier alpha value is -1.72. The normalized spacial score (nSPS) is 10.3. The van der Waals surface area contributed by atoms with E-state index >= 15 is 0 Å². The molecule has 0 saturated carbocycles. The van der Waals surface area contributed by atoms with Gasteiger partial charge in [-0.15, -0.1) is 0 Å². The van der Waals surface area contributed by atoms with Crippen molar-refractivity contribution in [2.24, 2.45) is 0 Å². The maximum atomic E-state index is 13.3. The molecule has 5 heteroatoms. The number of rotatable bonds is 4. The van der Waals surface area contributed by atoms with Crippen LogP contribution < -0.4 is 5.32 Å². The van der Waals surface area contributed by atoms with Gasteiger partial charge >= 0.3 is 0 Å². The van der Waals surface area contributed by atoms with Gasteiger partial charge in [0.25, 0.3) is 5.91 Å². The van der Waals surface area contributed by atoms with Crippen LogP contribution in [-0.4, -0.2) is 11.0 Å². The first-order valence-electron chi connectivity index (χ1n) is 6.02. The fraction of sp³-hybridized carbons (Fsp3) is 0.133. The molecule has 2 rings (SSSR count). The molecule has 3 nitrogen and oxygen atoms in total. The second-order valence-corrected chi connectivity index (χ2v) is 5.06. The fourth-order valence-corrected chi connectivity index (χ4v) is 2.24. The highest BCUT2D eigenvalue weighted by Gasteiger charge is 2.12. The topological polar surface area (TPSA) is 49.3 Å². The molecule has 2 N–H and O–H groups in total. The lowest BCUT2D eigenvalue weighted by Gasteiger charge is -2.08. The van der Waals surface area contributed by atoms with Crippen molar-refractivity contribution in [2.45, 2.75) is 13.2 Å². The van der Waals surface area contributed by atoms with Gasteiger partial charge in [0.05, 0.1) is 16.6 Å². The van der Waals surface area contributed by atoms with Crippen molar-refractivity contribution >= 4 is 21.8 Å². The summed E-state index contributed by atoms with van der Waals surface area (Å²) in [6, 6.07) is 11.6. The number of hydrogen-bond donors (Lipinski definition) is 2. The van der Waals surface area contributed by atoms with Crippen molar-refractivity contribution in [2.75, 3.05) is 0 Å². The van der Waals surface area contributed by atoms with E-state index in [1.165, 1.54) is 12.1 Å². The molecule has 20 heavy (non-hydrogen) atoms. The molecule has 0 radical (unpaired) electrons. The molecule has 0 bridgehead atoms. The van der Waals surface area contributed by atoms with Crippen LogP contribution in [0.1, 0.15) is 21.5 Å². The Balaban J connectivity index is 2.06. The number of amides is 1. The number of nitrogens with one attached hydrogen (secondary N) is 1. The van der Waals surface area contributed by atoms with Gasteiger partial charge in [0.15, 0.2) is 0 Å². The molecule has 0 fully saturated rings. The standard InChI is InChI=1S/C15H13BrFNO2/c16-14-12(5-2-6-13(14)17)15(20)18-8-10-3-1-4-11(7-10)9-19/h1-7,19H,8-9H2,(H,18,20). The number of carbonyl (C=O) groups is 1. The van der Waals surface area contributed by atoms with Gasteiger partial charge in [0.2, 0.25) is 0 Å². The summed E-state index contributed by atoms with van der Waals surface area (Å²) in [7, 11) is 0. The molecule has 0 aliphatic carbocycles. The fourth-order valence-electron chi connectivity index (χ4n) is 1.79. The third kappa shape index (κ3) is 3.43. The van der Waals surface area contributed by atoms with Crippen LogP contribution in [0.5, 0.6) is 0 Å². The summed E-state index contributed by atoms with van der Waals surface area (Å²) in [6.07, 6.45) is 0. The number of aliphatic hydroxyl groups is 1. The molecular formula is C15H13BrFNO2. The van der Waals surface area contributed by atoms with Crippen LogP contribution in [0.15, 0.2) is 46.9 Å². The van der Waals surface area contributed by atoms with E-state index in [0.717, 1.165) is 11.1 Å². The second kappa shape index (κ2) is 6.63. The zero-order valence-corrected chi connectivity index (χ0v) is 12.2. The Kier molecular flexibility index (Phi) is 4.87. The Morgan fingerprint density at radius 2 is 1.90 bits per heavy atom. The van der Waals surface area contributed by atoms with Crippen LogP contribution in [0.3, 0.4) is 0 Å². The molecule has 1 amide bonds. The smallest absolute Gasteiger partial charge is 0.252 e. The van der Waals surface area contributed by atoms with E-state index in [9.17, 15) is 9.18 Å². The summed E-state index contributed by atoms with van der Waals surface area (Å²) in [4.78, 5) is 12.0. The predicted octanol–water partition coefficient (Wildman–Crippen LogP) is 3.01.